The van der Waals surface area contributed by atoms with Crippen molar-refractivity contribution in [1.82, 2.24) is 5.32 Å². The molecule has 0 spiro atoms. The lowest BCUT2D eigenvalue weighted by Gasteiger charge is -2.23. The second kappa shape index (κ2) is 9.55. The Bertz CT molecular complexity index is 1010. The average molecular weight is 436 g/mol. The molecular weight excluding hydrogens is 406 g/mol. The summed E-state index contributed by atoms with van der Waals surface area (Å²) < 4.78 is 16.3. The van der Waals surface area contributed by atoms with Gasteiger partial charge < -0.3 is 19.2 Å². The maximum atomic E-state index is 12.8. The number of hydrogen-bond donors (Lipinski definition) is 1. The molecule has 164 valence electrons. The predicted octanol–water partition coefficient (Wildman–Crippen LogP) is 4.27. The van der Waals surface area contributed by atoms with Gasteiger partial charge >= 0.3 is 17.7 Å². The largest absolute Gasteiger partial charge is 0.444 e. The minimum absolute atomic E-state index is 0.277. The van der Waals surface area contributed by atoms with E-state index in [2.05, 4.69) is 5.32 Å². The zero-order valence-electron chi connectivity index (χ0n) is 18.5. The molecule has 1 aromatic heterocycles. The number of fused-ring (bicyclic) bond motifs is 1. The van der Waals surface area contributed by atoms with Crippen molar-refractivity contribution in [3.8, 4) is 5.75 Å². The Hall–Kier alpha value is -2.48. The molecule has 30 heavy (non-hydrogen) atoms. The van der Waals surface area contributed by atoms with Gasteiger partial charge in [-0.1, -0.05) is 0 Å². The first-order valence-electron chi connectivity index (χ1n) is 9.68. The van der Waals surface area contributed by atoms with Crippen molar-refractivity contribution < 1.29 is 23.5 Å². The van der Waals surface area contributed by atoms with E-state index in [-0.39, 0.29) is 5.75 Å². The number of ether oxygens (including phenoxy) is 2. The van der Waals surface area contributed by atoms with Crippen molar-refractivity contribution in [1.29, 1.82) is 0 Å². The molecule has 1 unspecified atom stereocenters. The van der Waals surface area contributed by atoms with Crippen LogP contribution in [-0.2, 0) is 9.53 Å². The first kappa shape index (κ1) is 23.8. The molecule has 0 aliphatic heterocycles. The van der Waals surface area contributed by atoms with Crippen molar-refractivity contribution in [2.24, 2.45) is 0 Å². The lowest BCUT2D eigenvalue weighted by molar-refractivity contribution is -0.136. The van der Waals surface area contributed by atoms with Gasteiger partial charge in [-0.15, -0.1) is 0 Å². The second-order valence-electron chi connectivity index (χ2n) is 8.11. The molecule has 0 fully saturated rings. The van der Waals surface area contributed by atoms with E-state index >= 15 is 0 Å². The summed E-state index contributed by atoms with van der Waals surface area (Å²) in [6, 6.07) is 2.56. The fraction of sp³-hybridized carbons (Fsp3) is 0.500. The number of carbonyl (C=O) groups is 2. The molecule has 2 rings (SSSR count). The first-order valence-corrected chi connectivity index (χ1v) is 11.1. The van der Waals surface area contributed by atoms with Crippen LogP contribution in [0.15, 0.2) is 21.3 Å². The number of amides is 1. The topological polar surface area (TPSA) is 94.8 Å². The van der Waals surface area contributed by atoms with Crippen LogP contribution in [0.1, 0.15) is 43.9 Å². The van der Waals surface area contributed by atoms with Gasteiger partial charge in [0, 0.05) is 16.5 Å². The molecule has 0 saturated heterocycles. The fourth-order valence-electron chi connectivity index (χ4n) is 2.85. The molecule has 0 aliphatic rings. The van der Waals surface area contributed by atoms with E-state index in [1.54, 1.807) is 58.5 Å². The Morgan fingerprint density at radius 1 is 1.13 bits per heavy atom. The van der Waals surface area contributed by atoms with Crippen LogP contribution in [0.2, 0.25) is 0 Å². The van der Waals surface area contributed by atoms with Crippen molar-refractivity contribution in [3.63, 3.8) is 0 Å². The number of benzene rings is 1. The minimum atomic E-state index is -0.867. The van der Waals surface area contributed by atoms with Gasteiger partial charge in [-0.2, -0.15) is 11.8 Å². The molecule has 0 radical (unpaired) electrons. The third kappa shape index (κ3) is 5.78. The van der Waals surface area contributed by atoms with Crippen molar-refractivity contribution in [3.05, 3.63) is 39.2 Å². The van der Waals surface area contributed by atoms with Gasteiger partial charge in [-0.3, -0.25) is 0 Å². The van der Waals surface area contributed by atoms with Gasteiger partial charge in [0.2, 0.25) is 0 Å². The Balaban J connectivity index is 2.29. The highest BCUT2D eigenvalue weighted by Crippen LogP contribution is 2.29. The molecule has 8 heteroatoms. The van der Waals surface area contributed by atoms with Gasteiger partial charge in [-0.05, 0) is 77.7 Å². The van der Waals surface area contributed by atoms with Crippen molar-refractivity contribution in [2.75, 3.05) is 12.0 Å². The maximum Gasteiger partial charge on any atom is 0.408 e. The summed E-state index contributed by atoms with van der Waals surface area (Å²) in [5.41, 5.74) is 1.20. The standard InChI is InChI=1S/C22H29NO6S/c1-12-13(2)19(24)28-18-14(3)17(9-8-15(12)18)27-20(25)16(10-11-30-7)23-21(26)29-22(4,5)6/h8-9,16H,10-11H2,1-7H3,(H,23,26). The van der Waals surface area contributed by atoms with Crippen LogP contribution < -0.4 is 15.7 Å². The Morgan fingerprint density at radius 2 is 1.80 bits per heavy atom. The van der Waals surface area contributed by atoms with Gasteiger partial charge in [0.25, 0.3) is 0 Å². The number of esters is 1. The molecule has 7 nitrogen and oxygen atoms in total. The van der Waals surface area contributed by atoms with E-state index in [4.69, 9.17) is 13.9 Å². The molecule has 1 heterocycles. The van der Waals surface area contributed by atoms with Gasteiger partial charge in [0.15, 0.2) is 0 Å². The lowest BCUT2D eigenvalue weighted by Crippen LogP contribution is -2.45. The quantitative estimate of drug-likeness (QED) is 0.411. The zero-order valence-corrected chi connectivity index (χ0v) is 19.3. The van der Waals surface area contributed by atoms with E-state index in [0.29, 0.717) is 28.9 Å². The Morgan fingerprint density at radius 3 is 2.40 bits per heavy atom. The summed E-state index contributed by atoms with van der Waals surface area (Å²) in [7, 11) is 0. The van der Waals surface area contributed by atoms with Crippen LogP contribution in [0.3, 0.4) is 0 Å². The van der Waals surface area contributed by atoms with Crippen molar-refractivity contribution in [2.45, 2.75) is 59.6 Å². The monoisotopic (exact) mass is 435 g/mol. The normalized spacial score (nSPS) is 12.5. The smallest absolute Gasteiger partial charge is 0.408 e. The molecule has 1 N–H and O–H groups in total. The minimum Gasteiger partial charge on any atom is -0.444 e. The van der Waals surface area contributed by atoms with Crippen LogP contribution in [0.5, 0.6) is 5.75 Å². The second-order valence-corrected chi connectivity index (χ2v) is 9.09. The van der Waals surface area contributed by atoms with E-state index < -0.39 is 29.3 Å². The molecule has 0 bridgehead atoms. The molecule has 1 amide bonds. The van der Waals surface area contributed by atoms with Crippen LogP contribution in [0, 0.1) is 20.8 Å². The third-order valence-corrected chi connectivity index (χ3v) is 5.26. The van der Waals surface area contributed by atoms with Crippen LogP contribution >= 0.6 is 11.8 Å². The van der Waals surface area contributed by atoms with E-state index in [1.165, 1.54) is 0 Å². The molecule has 1 aromatic carbocycles. The Kier molecular flexibility index (Phi) is 7.58. The number of rotatable bonds is 6. The summed E-state index contributed by atoms with van der Waals surface area (Å²) in [5, 5.41) is 3.38. The summed E-state index contributed by atoms with van der Waals surface area (Å²) in [6.07, 6.45) is 1.62. The molecule has 1 atom stereocenters. The molecule has 2 aromatic rings. The average Bonchev–Trinajstić information content (AvgIpc) is 2.64. The van der Waals surface area contributed by atoms with E-state index in [0.717, 1.165) is 10.9 Å². The van der Waals surface area contributed by atoms with Crippen LogP contribution in [0.25, 0.3) is 11.0 Å². The number of aryl methyl sites for hydroxylation is 2. The lowest BCUT2D eigenvalue weighted by atomic mass is 10.0. The number of nitrogens with one attached hydrogen (secondary N) is 1. The summed E-state index contributed by atoms with van der Waals surface area (Å²) in [6.45, 7) is 10.5. The maximum absolute atomic E-state index is 12.8. The van der Waals surface area contributed by atoms with Crippen molar-refractivity contribution >= 4 is 34.8 Å². The highest BCUT2D eigenvalue weighted by Gasteiger charge is 2.26. The SMILES string of the molecule is CSCCC(NC(=O)OC(C)(C)C)C(=O)Oc1ccc2c(C)c(C)c(=O)oc2c1C. The zero-order chi connectivity index (χ0) is 22.6. The molecule has 0 saturated carbocycles. The Labute approximate surface area is 180 Å². The number of hydrogen-bond acceptors (Lipinski definition) is 7. The highest BCUT2D eigenvalue weighted by molar-refractivity contribution is 7.98. The summed E-state index contributed by atoms with van der Waals surface area (Å²) in [4.78, 5) is 37.0. The highest BCUT2D eigenvalue weighted by atomic mass is 32.2. The van der Waals surface area contributed by atoms with Crippen LogP contribution in [0.4, 0.5) is 4.79 Å². The fourth-order valence-corrected chi connectivity index (χ4v) is 3.32. The number of thioether (sulfide) groups is 1. The first-order chi connectivity index (χ1) is 13.9. The third-order valence-electron chi connectivity index (χ3n) is 4.62. The summed E-state index contributed by atoms with van der Waals surface area (Å²) in [5.74, 6) is 0.321. The summed E-state index contributed by atoms with van der Waals surface area (Å²) >= 11 is 1.55. The van der Waals surface area contributed by atoms with Gasteiger partial charge in [0.1, 0.15) is 23.0 Å². The molecule has 0 aliphatic carbocycles. The molecular formula is C22H29NO6S. The predicted molar refractivity (Wildman–Crippen MR) is 118 cm³/mol. The number of alkyl carbamates (subject to hydrolysis) is 1. The van der Waals surface area contributed by atoms with Crippen LogP contribution in [-0.4, -0.2) is 35.7 Å². The van der Waals surface area contributed by atoms with Gasteiger partial charge in [-0.25, -0.2) is 14.4 Å². The van der Waals surface area contributed by atoms with Gasteiger partial charge in [0.05, 0.1) is 0 Å². The number of carbonyl (C=O) groups excluding carboxylic acids is 2. The van der Waals surface area contributed by atoms with E-state index in [9.17, 15) is 14.4 Å². The van der Waals surface area contributed by atoms with E-state index in [1.807, 2.05) is 13.2 Å².